The van der Waals surface area contributed by atoms with Gasteiger partial charge >= 0.3 is 0 Å². The Hall–Kier alpha value is -2.79. The Morgan fingerprint density at radius 1 is 1.29 bits per heavy atom. The molecule has 1 N–H and O–H groups in total. The van der Waals surface area contributed by atoms with Crippen LogP contribution >= 0.6 is 11.6 Å². The number of amides is 1. The highest BCUT2D eigenvalue weighted by atomic mass is 35.5. The van der Waals surface area contributed by atoms with Crippen LogP contribution in [0.4, 0.5) is 4.39 Å². The van der Waals surface area contributed by atoms with Crippen LogP contribution in [0.3, 0.4) is 0 Å². The molecule has 11 heteroatoms. The summed E-state index contributed by atoms with van der Waals surface area (Å²) in [7, 11) is -1.63. The maximum absolute atomic E-state index is 14.5. The molecule has 1 aromatic heterocycles. The molecule has 1 amide bonds. The van der Waals surface area contributed by atoms with E-state index in [1.54, 1.807) is 36.0 Å². The summed E-state index contributed by atoms with van der Waals surface area (Å²) in [6.07, 6.45) is 3.23. The van der Waals surface area contributed by atoms with E-state index in [0.717, 1.165) is 6.07 Å². The third-order valence-corrected chi connectivity index (χ3v) is 6.78. The maximum Gasteiger partial charge on any atom is 0.266 e. The maximum atomic E-state index is 14.5. The predicted octanol–water partition coefficient (Wildman–Crippen LogP) is 3.09. The molecule has 0 radical (unpaired) electrons. The molecular formula is C20H20ClFN4O4S. The van der Waals surface area contributed by atoms with Crippen molar-refractivity contribution in [1.82, 2.24) is 19.3 Å². The number of aromatic nitrogens is 2. The molecular weight excluding hydrogens is 447 g/mol. The molecule has 0 aliphatic rings. The lowest BCUT2D eigenvalue weighted by Gasteiger charge is -2.16. The number of rotatable bonds is 7. The average Bonchev–Trinajstić information content (AvgIpc) is 3.17. The van der Waals surface area contributed by atoms with Crippen molar-refractivity contribution in [2.75, 3.05) is 14.2 Å². The minimum Gasteiger partial charge on any atom is -0.348 e. The zero-order chi connectivity index (χ0) is 22.8. The van der Waals surface area contributed by atoms with Gasteiger partial charge in [-0.3, -0.25) is 9.63 Å². The van der Waals surface area contributed by atoms with Gasteiger partial charge in [0, 0.05) is 31.5 Å². The predicted molar refractivity (Wildman–Crippen MR) is 113 cm³/mol. The quantitative estimate of drug-likeness (QED) is 0.540. The molecule has 0 unspecified atom stereocenters. The highest BCUT2D eigenvalue weighted by molar-refractivity contribution is 7.89. The number of carbonyl (C=O) groups excluding carboxylic acids is 1. The Morgan fingerprint density at radius 3 is 2.65 bits per heavy atom. The number of halogens is 2. The van der Waals surface area contributed by atoms with Crippen molar-refractivity contribution in [1.29, 1.82) is 0 Å². The molecule has 3 aromatic rings. The fraction of sp³-hybridized carbons (Fsp3) is 0.200. The van der Waals surface area contributed by atoms with Crippen molar-refractivity contribution < 1.29 is 22.4 Å². The van der Waals surface area contributed by atoms with Crippen LogP contribution in [-0.4, -0.2) is 42.5 Å². The number of nitrogens with zero attached hydrogens (tertiary/aromatic N) is 3. The zero-order valence-corrected chi connectivity index (χ0v) is 18.5. The highest BCUT2D eigenvalue weighted by Gasteiger charge is 2.25. The van der Waals surface area contributed by atoms with Gasteiger partial charge in [-0.25, -0.2) is 17.8 Å². The van der Waals surface area contributed by atoms with Gasteiger partial charge in [0.2, 0.25) is 0 Å². The molecule has 0 saturated carbocycles. The number of imidazole rings is 1. The van der Waals surface area contributed by atoms with Gasteiger partial charge in [-0.05, 0) is 42.8 Å². The highest BCUT2D eigenvalue weighted by Crippen LogP contribution is 2.25. The van der Waals surface area contributed by atoms with Crippen LogP contribution in [0.5, 0.6) is 0 Å². The first-order chi connectivity index (χ1) is 14.6. The molecule has 0 fully saturated rings. The van der Waals surface area contributed by atoms with E-state index in [1.165, 1.54) is 32.4 Å². The van der Waals surface area contributed by atoms with Crippen molar-refractivity contribution in [3.05, 3.63) is 76.6 Å². The molecule has 0 aliphatic heterocycles. The Kier molecular flexibility index (Phi) is 6.75. The molecule has 8 nitrogen and oxygen atoms in total. The lowest BCUT2D eigenvalue weighted by molar-refractivity contribution is -0.0258. The number of hydroxylamine groups is 1. The summed E-state index contributed by atoms with van der Waals surface area (Å²) >= 11 is 6.00. The molecule has 2 aromatic carbocycles. The van der Waals surface area contributed by atoms with E-state index in [2.05, 4.69) is 10.3 Å². The van der Waals surface area contributed by atoms with Gasteiger partial charge in [-0.2, -0.15) is 0 Å². The summed E-state index contributed by atoms with van der Waals surface area (Å²) in [6, 6.07) is 8.47. The van der Waals surface area contributed by atoms with E-state index in [9.17, 15) is 17.6 Å². The molecule has 3 rings (SSSR count). The van der Waals surface area contributed by atoms with E-state index in [-0.39, 0.29) is 22.0 Å². The van der Waals surface area contributed by atoms with Gasteiger partial charge in [0.15, 0.2) is 0 Å². The smallest absolute Gasteiger partial charge is 0.266 e. The number of carbonyl (C=O) groups is 1. The molecule has 0 bridgehead atoms. The molecule has 31 heavy (non-hydrogen) atoms. The molecule has 0 aliphatic carbocycles. The normalized spacial score (nSPS) is 11.7. The van der Waals surface area contributed by atoms with E-state index in [4.69, 9.17) is 16.4 Å². The largest absolute Gasteiger partial charge is 0.348 e. The average molecular weight is 467 g/mol. The minimum absolute atomic E-state index is 0.0433. The summed E-state index contributed by atoms with van der Waals surface area (Å²) in [5.74, 6) is -0.356. The molecule has 0 atom stereocenters. The SMILES string of the molecule is CON(C)S(=O)(=O)c1cc(C(=O)NCc2ccc(-n3ccnc3C)c(F)c2)ccc1Cl. The van der Waals surface area contributed by atoms with Crippen LogP contribution in [0, 0.1) is 12.7 Å². The Bertz CT molecular complexity index is 1230. The first-order valence-corrected chi connectivity index (χ1v) is 10.9. The summed E-state index contributed by atoms with van der Waals surface area (Å²) in [5, 5.41) is 2.59. The second-order valence-corrected chi connectivity index (χ2v) is 8.87. The lowest BCUT2D eigenvalue weighted by Crippen LogP contribution is -2.27. The topological polar surface area (TPSA) is 93.5 Å². The van der Waals surface area contributed by atoms with Crippen LogP contribution in [0.2, 0.25) is 5.02 Å². The second kappa shape index (κ2) is 9.15. The third-order valence-electron chi connectivity index (χ3n) is 4.62. The molecule has 0 spiro atoms. The van der Waals surface area contributed by atoms with Gasteiger partial charge in [-0.15, -0.1) is 0 Å². The minimum atomic E-state index is -4.04. The van der Waals surface area contributed by atoms with Crippen molar-refractivity contribution in [2.45, 2.75) is 18.4 Å². The van der Waals surface area contributed by atoms with E-state index in [1.807, 2.05) is 0 Å². The summed E-state index contributed by atoms with van der Waals surface area (Å²) < 4.78 is 41.7. The Morgan fingerprint density at radius 2 is 2.03 bits per heavy atom. The Balaban J connectivity index is 1.76. The number of nitrogens with one attached hydrogen (secondary N) is 1. The summed E-state index contributed by atoms with van der Waals surface area (Å²) in [6.45, 7) is 1.81. The van der Waals surface area contributed by atoms with E-state index in [0.29, 0.717) is 21.5 Å². The van der Waals surface area contributed by atoms with E-state index >= 15 is 0 Å². The van der Waals surface area contributed by atoms with Crippen LogP contribution in [-0.2, 0) is 21.4 Å². The van der Waals surface area contributed by atoms with Crippen LogP contribution in [0.1, 0.15) is 21.7 Å². The van der Waals surface area contributed by atoms with Gasteiger partial charge in [0.05, 0.1) is 17.8 Å². The van der Waals surface area contributed by atoms with Gasteiger partial charge in [0.25, 0.3) is 15.9 Å². The first kappa shape index (κ1) is 22.9. The van der Waals surface area contributed by atoms with Gasteiger partial charge < -0.3 is 9.88 Å². The fourth-order valence-corrected chi connectivity index (χ4v) is 4.33. The third kappa shape index (κ3) is 4.77. The first-order valence-electron chi connectivity index (χ1n) is 9.04. The second-order valence-electron chi connectivity index (χ2n) is 6.56. The fourth-order valence-electron chi connectivity index (χ4n) is 2.85. The summed E-state index contributed by atoms with van der Waals surface area (Å²) in [4.78, 5) is 21.1. The zero-order valence-electron chi connectivity index (χ0n) is 17.0. The van der Waals surface area contributed by atoms with Crippen LogP contribution in [0.25, 0.3) is 5.69 Å². The van der Waals surface area contributed by atoms with Crippen molar-refractivity contribution in [3.63, 3.8) is 0 Å². The number of sulfonamides is 1. The molecule has 1 heterocycles. The lowest BCUT2D eigenvalue weighted by atomic mass is 10.1. The molecule has 164 valence electrons. The van der Waals surface area contributed by atoms with Gasteiger partial charge in [0.1, 0.15) is 16.5 Å². The number of aryl methyl sites for hydroxylation is 1. The number of hydrogen-bond donors (Lipinski definition) is 1. The van der Waals surface area contributed by atoms with Crippen LogP contribution in [0.15, 0.2) is 53.7 Å². The number of benzene rings is 2. The molecule has 0 saturated heterocycles. The van der Waals surface area contributed by atoms with Crippen LogP contribution < -0.4 is 5.32 Å². The van der Waals surface area contributed by atoms with Gasteiger partial charge in [-0.1, -0.05) is 22.1 Å². The van der Waals surface area contributed by atoms with Crippen molar-refractivity contribution >= 4 is 27.5 Å². The monoisotopic (exact) mass is 466 g/mol. The van der Waals surface area contributed by atoms with E-state index < -0.39 is 21.7 Å². The van der Waals surface area contributed by atoms with Crippen molar-refractivity contribution in [3.8, 4) is 5.69 Å². The summed E-state index contributed by atoms with van der Waals surface area (Å²) in [5.41, 5.74) is 0.965. The van der Waals surface area contributed by atoms with Crippen molar-refractivity contribution in [2.24, 2.45) is 0 Å². The Labute approximate surface area is 184 Å². The standard InChI is InChI=1S/C20H20ClFN4O4S/c1-13-23-8-9-26(13)18-7-4-14(10-17(18)22)12-24-20(27)15-5-6-16(21)19(11-15)31(28,29)25(2)30-3/h4-11H,12H2,1-3H3,(H,24,27). The number of hydrogen-bond acceptors (Lipinski definition) is 5.